The van der Waals surface area contributed by atoms with Crippen molar-refractivity contribution in [1.29, 1.82) is 0 Å². The molecular weight excluding hydrogens is 318 g/mol. The Hall–Kier alpha value is -1.11. The number of likely N-dealkylation sites (tertiary alicyclic amines) is 1. The molecule has 0 aromatic rings. The number of allylic oxidation sites excluding steroid dienone is 1. The Kier molecular flexibility index (Phi) is 8.58. The fourth-order valence-corrected chi connectivity index (χ4v) is 3.02. The standard InChI is InChI=1S/C16H27N3O3.ClH/c1-2-3-4-8-19-11-7-17-14(16(19)22)12-15(21)18-9-5-13(20)6-10-18;/h2,13-14,17,20H,1,3-12H2;1H. The number of piperazine rings is 1. The molecule has 0 radical (unpaired) electrons. The number of carbonyl (C=O) groups excluding carboxylic acids is 2. The van der Waals surface area contributed by atoms with Crippen molar-refractivity contribution < 1.29 is 14.7 Å². The van der Waals surface area contributed by atoms with Gasteiger partial charge in [0.1, 0.15) is 0 Å². The average Bonchev–Trinajstić information content (AvgIpc) is 2.51. The topological polar surface area (TPSA) is 72.9 Å². The van der Waals surface area contributed by atoms with Crippen molar-refractivity contribution in [3.8, 4) is 0 Å². The molecule has 2 aliphatic rings. The zero-order valence-electron chi connectivity index (χ0n) is 13.6. The van der Waals surface area contributed by atoms with Crippen LogP contribution >= 0.6 is 12.4 Å². The molecule has 132 valence electrons. The number of nitrogens with one attached hydrogen (secondary N) is 1. The minimum atomic E-state index is -0.406. The Morgan fingerprint density at radius 1 is 1.35 bits per heavy atom. The van der Waals surface area contributed by atoms with Gasteiger partial charge in [-0.3, -0.25) is 9.59 Å². The molecule has 0 aliphatic carbocycles. The lowest BCUT2D eigenvalue weighted by Gasteiger charge is -2.35. The van der Waals surface area contributed by atoms with E-state index >= 15 is 0 Å². The average molecular weight is 346 g/mol. The highest BCUT2D eigenvalue weighted by molar-refractivity contribution is 5.89. The van der Waals surface area contributed by atoms with E-state index in [1.54, 1.807) is 4.90 Å². The van der Waals surface area contributed by atoms with E-state index in [1.165, 1.54) is 0 Å². The first-order valence-electron chi connectivity index (χ1n) is 8.20. The molecule has 2 aliphatic heterocycles. The smallest absolute Gasteiger partial charge is 0.240 e. The Labute approximate surface area is 144 Å². The molecule has 0 saturated carbocycles. The number of halogens is 1. The van der Waals surface area contributed by atoms with Crippen molar-refractivity contribution in [2.45, 2.75) is 44.2 Å². The molecule has 23 heavy (non-hydrogen) atoms. The molecule has 0 aromatic heterocycles. The number of nitrogens with zero attached hydrogens (tertiary/aromatic N) is 2. The van der Waals surface area contributed by atoms with Crippen molar-refractivity contribution in [1.82, 2.24) is 15.1 Å². The van der Waals surface area contributed by atoms with Gasteiger partial charge < -0.3 is 20.2 Å². The second-order valence-electron chi connectivity index (χ2n) is 6.08. The summed E-state index contributed by atoms with van der Waals surface area (Å²) < 4.78 is 0. The molecule has 2 fully saturated rings. The highest BCUT2D eigenvalue weighted by atomic mass is 35.5. The molecule has 0 aromatic carbocycles. The van der Waals surface area contributed by atoms with Crippen molar-refractivity contribution in [3.05, 3.63) is 12.7 Å². The van der Waals surface area contributed by atoms with Gasteiger partial charge in [-0.25, -0.2) is 0 Å². The van der Waals surface area contributed by atoms with Crippen LogP contribution in [0.3, 0.4) is 0 Å². The first-order valence-corrected chi connectivity index (χ1v) is 8.20. The van der Waals surface area contributed by atoms with Crippen LogP contribution in [0, 0.1) is 0 Å². The van der Waals surface area contributed by atoms with Crippen molar-refractivity contribution in [2.24, 2.45) is 0 Å². The molecule has 2 heterocycles. The van der Waals surface area contributed by atoms with Gasteiger partial charge in [0.25, 0.3) is 0 Å². The lowest BCUT2D eigenvalue weighted by atomic mass is 10.0. The van der Waals surface area contributed by atoms with E-state index < -0.39 is 6.04 Å². The number of piperidine rings is 1. The summed E-state index contributed by atoms with van der Waals surface area (Å²) in [6.45, 7) is 7.03. The first-order chi connectivity index (χ1) is 10.6. The van der Waals surface area contributed by atoms with Crippen LogP contribution in [0.1, 0.15) is 32.1 Å². The van der Waals surface area contributed by atoms with Gasteiger partial charge in [-0.15, -0.1) is 19.0 Å². The lowest BCUT2D eigenvalue weighted by Crippen LogP contribution is -2.56. The Bertz CT molecular complexity index is 411. The maximum absolute atomic E-state index is 12.4. The van der Waals surface area contributed by atoms with Gasteiger partial charge in [0.2, 0.25) is 11.8 Å². The van der Waals surface area contributed by atoms with Gasteiger partial charge in [0, 0.05) is 32.7 Å². The summed E-state index contributed by atoms with van der Waals surface area (Å²) >= 11 is 0. The van der Waals surface area contributed by atoms with Gasteiger partial charge >= 0.3 is 0 Å². The number of aliphatic hydroxyl groups excluding tert-OH is 1. The van der Waals surface area contributed by atoms with E-state index in [2.05, 4.69) is 11.9 Å². The van der Waals surface area contributed by atoms with E-state index in [-0.39, 0.29) is 36.7 Å². The summed E-state index contributed by atoms with van der Waals surface area (Å²) in [7, 11) is 0. The number of unbranched alkanes of at least 4 members (excludes halogenated alkanes) is 1. The summed E-state index contributed by atoms with van der Waals surface area (Å²) in [6.07, 6.45) is 4.86. The van der Waals surface area contributed by atoms with Crippen molar-refractivity contribution in [2.75, 3.05) is 32.7 Å². The fraction of sp³-hybridized carbons (Fsp3) is 0.750. The number of amides is 2. The summed E-state index contributed by atoms with van der Waals surface area (Å²) in [5.74, 6) is 0.0337. The summed E-state index contributed by atoms with van der Waals surface area (Å²) in [6, 6.07) is -0.406. The number of carbonyl (C=O) groups is 2. The van der Waals surface area contributed by atoms with Gasteiger partial charge in [-0.05, 0) is 25.7 Å². The quantitative estimate of drug-likeness (QED) is 0.544. The Morgan fingerprint density at radius 3 is 2.70 bits per heavy atom. The minimum absolute atomic E-state index is 0. The number of aliphatic hydroxyl groups is 1. The van der Waals surface area contributed by atoms with E-state index in [4.69, 9.17) is 0 Å². The van der Waals surface area contributed by atoms with Crippen LogP contribution in [-0.2, 0) is 9.59 Å². The third-order valence-corrected chi connectivity index (χ3v) is 4.41. The second kappa shape index (κ2) is 9.90. The van der Waals surface area contributed by atoms with Crippen LogP contribution < -0.4 is 5.32 Å². The molecule has 2 N–H and O–H groups in total. The fourth-order valence-electron chi connectivity index (χ4n) is 3.02. The van der Waals surface area contributed by atoms with Gasteiger partial charge in [0.05, 0.1) is 18.6 Å². The summed E-state index contributed by atoms with van der Waals surface area (Å²) in [5.41, 5.74) is 0. The number of rotatable bonds is 6. The largest absolute Gasteiger partial charge is 0.393 e. The van der Waals surface area contributed by atoms with Gasteiger partial charge in [-0.1, -0.05) is 6.08 Å². The molecule has 1 unspecified atom stereocenters. The molecular formula is C16H28ClN3O3. The predicted octanol–water partition coefficient (Wildman–Crippen LogP) is 0.548. The van der Waals surface area contributed by atoms with E-state index in [1.807, 2.05) is 11.0 Å². The second-order valence-corrected chi connectivity index (χ2v) is 6.08. The highest BCUT2D eigenvalue weighted by Gasteiger charge is 2.31. The van der Waals surface area contributed by atoms with Crippen molar-refractivity contribution >= 4 is 24.2 Å². The van der Waals surface area contributed by atoms with E-state index in [9.17, 15) is 14.7 Å². The monoisotopic (exact) mass is 345 g/mol. The third-order valence-electron chi connectivity index (χ3n) is 4.41. The lowest BCUT2D eigenvalue weighted by molar-refractivity contribution is -0.141. The van der Waals surface area contributed by atoms with Crippen LogP contribution in [0.5, 0.6) is 0 Å². The van der Waals surface area contributed by atoms with Gasteiger partial charge in [0.15, 0.2) is 0 Å². The van der Waals surface area contributed by atoms with E-state index in [0.717, 1.165) is 25.9 Å². The SMILES string of the molecule is C=CCCCN1CCNC(CC(=O)N2CCC(O)CC2)C1=O.Cl. The van der Waals surface area contributed by atoms with Crippen molar-refractivity contribution in [3.63, 3.8) is 0 Å². The molecule has 2 rings (SSSR count). The number of hydrogen-bond acceptors (Lipinski definition) is 4. The molecule has 1 atom stereocenters. The zero-order chi connectivity index (χ0) is 15.9. The molecule has 6 nitrogen and oxygen atoms in total. The van der Waals surface area contributed by atoms with Crippen LogP contribution in [0.15, 0.2) is 12.7 Å². The van der Waals surface area contributed by atoms with Crippen LogP contribution in [0.2, 0.25) is 0 Å². The summed E-state index contributed by atoms with van der Waals surface area (Å²) in [4.78, 5) is 28.3. The third kappa shape index (κ3) is 5.79. The van der Waals surface area contributed by atoms with Crippen LogP contribution in [0.25, 0.3) is 0 Å². The Morgan fingerprint density at radius 2 is 2.04 bits per heavy atom. The van der Waals surface area contributed by atoms with Crippen LogP contribution in [-0.4, -0.2) is 71.6 Å². The minimum Gasteiger partial charge on any atom is -0.393 e. The van der Waals surface area contributed by atoms with E-state index in [0.29, 0.717) is 32.5 Å². The van der Waals surface area contributed by atoms with Gasteiger partial charge in [-0.2, -0.15) is 0 Å². The molecule has 2 amide bonds. The number of hydrogen-bond donors (Lipinski definition) is 2. The summed E-state index contributed by atoms with van der Waals surface area (Å²) in [5, 5.41) is 12.7. The zero-order valence-corrected chi connectivity index (χ0v) is 14.4. The molecule has 0 spiro atoms. The normalized spacial score (nSPS) is 22.7. The predicted molar refractivity (Wildman–Crippen MR) is 91.5 cm³/mol. The first kappa shape index (κ1) is 19.9. The molecule has 2 saturated heterocycles. The highest BCUT2D eigenvalue weighted by Crippen LogP contribution is 2.14. The maximum atomic E-state index is 12.4. The molecule has 7 heteroatoms. The van der Waals surface area contributed by atoms with Crippen LogP contribution in [0.4, 0.5) is 0 Å². The maximum Gasteiger partial charge on any atom is 0.240 e. The Balaban J connectivity index is 0.00000264. The molecule has 0 bridgehead atoms.